The van der Waals surface area contributed by atoms with Crippen LogP contribution in [-0.4, -0.2) is 19.5 Å². The summed E-state index contributed by atoms with van der Waals surface area (Å²) in [5, 5.41) is 1.33. The molecule has 2 heterocycles. The van der Waals surface area contributed by atoms with E-state index in [0.717, 1.165) is 34.7 Å². The molecule has 6 aromatic carbocycles. The number of benzene rings is 6. The van der Waals surface area contributed by atoms with Crippen LogP contribution in [0.15, 0.2) is 140 Å². The number of para-hydroxylation sites is 1. The van der Waals surface area contributed by atoms with Gasteiger partial charge in [0.2, 0.25) is 0 Å². The first-order valence-corrected chi connectivity index (χ1v) is 15.3. The van der Waals surface area contributed by atoms with Crippen molar-refractivity contribution in [3.05, 3.63) is 157 Å². The summed E-state index contributed by atoms with van der Waals surface area (Å²) in [5.74, 6) is -0.464. The molecule has 9 heteroatoms. The van der Waals surface area contributed by atoms with Crippen LogP contribution in [0.25, 0.3) is 72.8 Å². The third kappa shape index (κ3) is 5.59. The molecule has 0 N–H and O–H groups in total. The van der Waals surface area contributed by atoms with E-state index in [4.69, 9.17) is 15.0 Å². The number of nitrogens with zero attached hydrogens (tertiary/aromatic N) is 4. The molecule has 238 valence electrons. The molecule has 4 nitrogen and oxygen atoms in total. The first kappa shape index (κ1) is 30.1. The second-order valence-corrected chi connectivity index (χ2v) is 11.5. The molecule has 2 aromatic heterocycles. The van der Waals surface area contributed by atoms with Gasteiger partial charge in [0.15, 0.2) is 17.5 Å². The fourth-order valence-electron chi connectivity index (χ4n) is 6.14. The van der Waals surface area contributed by atoms with Crippen LogP contribution in [0, 0.1) is 11.6 Å². The van der Waals surface area contributed by atoms with E-state index in [0.29, 0.717) is 44.9 Å². The Bertz CT molecular complexity index is 2430. The van der Waals surface area contributed by atoms with Crippen molar-refractivity contribution in [3.63, 3.8) is 0 Å². The molecule has 0 saturated carbocycles. The molecular formula is C40H23F5N4. The van der Waals surface area contributed by atoms with E-state index < -0.39 is 23.4 Å². The summed E-state index contributed by atoms with van der Waals surface area (Å²) in [4.78, 5) is 14.5. The zero-order chi connectivity index (χ0) is 33.7. The number of aromatic nitrogens is 4. The number of alkyl halides is 3. The SMILES string of the molecule is Fc1cc(F)cc(-c2ccc(-c3nc(-c4ccccc4)nc(-c4ccccc4)n3)c(-n3c4ccccc4c4ccc(C(F)(F)F)cc43)c2)c1. The number of hydrogen-bond donors (Lipinski definition) is 0. The van der Waals surface area contributed by atoms with Crippen molar-refractivity contribution in [3.8, 4) is 51.0 Å². The fraction of sp³-hybridized carbons (Fsp3) is 0.0250. The molecule has 8 aromatic rings. The Hall–Kier alpha value is -6.22. The Balaban J connectivity index is 1.47. The second kappa shape index (κ2) is 11.8. The Labute approximate surface area is 276 Å². The molecule has 49 heavy (non-hydrogen) atoms. The molecule has 0 atom stereocenters. The van der Waals surface area contributed by atoms with E-state index >= 15 is 0 Å². The van der Waals surface area contributed by atoms with Gasteiger partial charge in [-0.15, -0.1) is 0 Å². The highest BCUT2D eigenvalue weighted by Crippen LogP contribution is 2.40. The number of rotatable bonds is 5. The Morgan fingerprint density at radius 3 is 1.65 bits per heavy atom. The van der Waals surface area contributed by atoms with Gasteiger partial charge >= 0.3 is 6.18 Å². The number of hydrogen-bond acceptors (Lipinski definition) is 3. The van der Waals surface area contributed by atoms with Gasteiger partial charge in [0.1, 0.15) is 11.6 Å². The minimum atomic E-state index is -4.59. The van der Waals surface area contributed by atoms with Crippen molar-refractivity contribution in [2.24, 2.45) is 0 Å². The lowest BCUT2D eigenvalue weighted by atomic mass is 10.0. The molecule has 0 fully saturated rings. The van der Waals surface area contributed by atoms with E-state index in [-0.39, 0.29) is 11.4 Å². The average molecular weight is 655 g/mol. The molecule has 0 bridgehead atoms. The topological polar surface area (TPSA) is 43.6 Å². The molecule has 0 aliphatic heterocycles. The normalized spacial score (nSPS) is 11.8. The summed E-state index contributed by atoms with van der Waals surface area (Å²) in [5.41, 5.74) is 3.16. The van der Waals surface area contributed by atoms with Gasteiger partial charge in [-0.3, -0.25) is 0 Å². The molecule has 0 unspecified atom stereocenters. The van der Waals surface area contributed by atoms with Crippen molar-refractivity contribution in [2.75, 3.05) is 0 Å². The molecular weight excluding hydrogens is 631 g/mol. The first-order chi connectivity index (χ1) is 23.7. The average Bonchev–Trinajstić information content (AvgIpc) is 3.45. The third-order valence-electron chi connectivity index (χ3n) is 8.38. The highest BCUT2D eigenvalue weighted by Gasteiger charge is 2.31. The smallest absolute Gasteiger partial charge is 0.308 e. The van der Waals surface area contributed by atoms with Gasteiger partial charge < -0.3 is 4.57 Å². The molecule has 0 radical (unpaired) electrons. The van der Waals surface area contributed by atoms with Gasteiger partial charge in [-0.05, 0) is 53.6 Å². The lowest BCUT2D eigenvalue weighted by Gasteiger charge is -2.17. The predicted octanol–water partition coefficient (Wildman–Crippen LogP) is 10.9. The Morgan fingerprint density at radius 1 is 0.449 bits per heavy atom. The van der Waals surface area contributed by atoms with Crippen molar-refractivity contribution >= 4 is 21.8 Å². The van der Waals surface area contributed by atoms with Crippen LogP contribution < -0.4 is 0 Å². The van der Waals surface area contributed by atoms with Gasteiger partial charge in [-0.2, -0.15) is 13.2 Å². The largest absolute Gasteiger partial charge is 0.416 e. The quantitative estimate of drug-likeness (QED) is 0.174. The van der Waals surface area contributed by atoms with Crippen LogP contribution in [-0.2, 0) is 6.18 Å². The lowest BCUT2D eigenvalue weighted by molar-refractivity contribution is -0.137. The summed E-state index contributed by atoms with van der Waals surface area (Å²) < 4.78 is 72.9. The minimum Gasteiger partial charge on any atom is -0.308 e. The second-order valence-electron chi connectivity index (χ2n) is 11.5. The molecule has 0 saturated heterocycles. The zero-order valence-electron chi connectivity index (χ0n) is 25.5. The van der Waals surface area contributed by atoms with Crippen LogP contribution in [0.1, 0.15) is 5.56 Å². The van der Waals surface area contributed by atoms with Gasteiger partial charge in [0.05, 0.1) is 22.3 Å². The van der Waals surface area contributed by atoms with E-state index in [1.165, 1.54) is 18.2 Å². The maximum absolute atomic E-state index is 14.4. The summed E-state index contributed by atoms with van der Waals surface area (Å²) in [6.45, 7) is 0. The van der Waals surface area contributed by atoms with Crippen molar-refractivity contribution in [1.82, 2.24) is 19.5 Å². The summed E-state index contributed by atoms with van der Waals surface area (Å²) in [7, 11) is 0. The maximum Gasteiger partial charge on any atom is 0.416 e. The van der Waals surface area contributed by atoms with Crippen LogP contribution >= 0.6 is 0 Å². The van der Waals surface area contributed by atoms with Crippen molar-refractivity contribution in [1.29, 1.82) is 0 Å². The Kier molecular flexibility index (Phi) is 7.25. The van der Waals surface area contributed by atoms with Gasteiger partial charge in [-0.1, -0.05) is 91.0 Å². The molecule has 0 spiro atoms. The maximum atomic E-state index is 14.4. The Morgan fingerprint density at radius 2 is 1.02 bits per heavy atom. The lowest BCUT2D eigenvalue weighted by Crippen LogP contribution is -2.06. The monoisotopic (exact) mass is 654 g/mol. The number of fused-ring (bicyclic) bond motifs is 3. The highest BCUT2D eigenvalue weighted by atomic mass is 19.4. The van der Waals surface area contributed by atoms with E-state index in [1.54, 1.807) is 28.8 Å². The molecule has 0 aliphatic carbocycles. The minimum absolute atomic E-state index is 0.257. The highest BCUT2D eigenvalue weighted by molar-refractivity contribution is 6.10. The van der Waals surface area contributed by atoms with Crippen molar-refractivity contribution < 1.29 is 22.0 Å². The summed E-state index contributed by atoms with van der Waals surface area (Å²) in [6.07, 6.45) is -4.59. The van der Waals surface area contributed by atoms with Gasteiger partial charge in [-0.25, -0.2) is 23.7 Å². The van der Waals surface area contributed by atoms with Crippen LogP contribution in [0.2, 0.25) is 0 Å². The molecule has 8 rings (SSSR count). The summed E-state index contributed by atoms with van der Waals surface area (Å²) >= 11 is 0. The van der Waals surface area contributed by atoms with E-state index in [1.807, 2.05) is 78.9 Å². The van der Waals surface area contributed by atoms with Gasteiger partial charge in [0.25, 0.3) is 0 Å². The first-order valence-electron chi connectivity index (χ1n) is 15.3. The zero-order valence-corrected chi connectivity index (χ0v) is 25.5. The van der Waals surface area contributed by atoms with Gasteiger partial charge in [0, 0.05) is 33.5 Å². The predicted molar refractivity (Wildman–Crippen MR) is 181 cm³/mol. The standard InChI is InChI=1S/C40H23F5N4/c41-29-19-27(20-30(42)23-29)26-15-17-33(39-47-37(24-9-3-1-4-10-24)46-38(48-39)25-11-5-2-6-12-25)35(21-26)49-34-14-8-7-13-31(34)32-18-16-28(22-36(32)49)40(43,44)45/h1-23H. The van der Waals surface area contributed by atoms with Crippen LogP contribution in [0.4, 0.5) is 22.0 Å². The van der Waals surface area contributed by atoms with E-state index in [9.17, 15) is 22.0 Å². The molecule has 0 amide bonds. The third-order valence-corrected chi connectivity index (χ3v) is 8.38. The van der Waals surface area contributed by atoms with Crippen molar-refractivity contribution in [2.45, 2.75) is 6.18 Å². The number of halogens is 5. The fourth-order valence-corrected chi connectivity index (χ4v) is 6.14. The summed E-state index contributed by atoms with van der Waals surface area (Å²) in [6, 6.07) is 38.0. The van der Waals surface area contributed by atoms with Crippen LogP contribution in [0.5, 0.6) is 0 Å². The van der Waals surface area contributed by atoms with Crippen LogP contribution in [0.3, 0.4) is 0 Å². The molecule has 0 aliphatic rings. The van der Waals surface area contributed by atoms with E-state index in [2.05, 4.69) is 0 Å².